The van der Waals surface area contributed by atoms with Crippen LogP contribution in [0.1, 0.15) is 33.6 Å². The number of rotatable bonds is 5. The van der Waals surface area contributed by atoms with Crippen LogP contribution in [0, 0.1) is 23.7 Å². The second-order valence-corrected chi connectivity index (χ2v) is 6.05. The van der Waals surface area contributed by atoms with E-state index in [1.165, 1.54) is 7.11 Å². The average molecular weight is 270 g/mol. The van der Waals surface area contributed by atoms with Crippen LogP contribution >= 0.6 is 0 Å². The molecule has 1 aliphatic carbocycles. The summed E-state index contributed by atoms with van der Waals surface area (Å²) in [6.45, 7) is 9.50. The molecule has 0 heterocycles. The maximum atomic E-state index is 12.2. The van der Waals surface area contributed by atoms with Gasteiger partial charge in [-0.15, -0.1) is 0 Å². The van der Waals surface area contributed by atoms with Crippen molar-refractivity contribution in [3.63, 3.8) is 0 Å². The first kappa shape index (κ1) is 16.0. The SMILES string of the molecule is [CH2-][C@H](CNC(=O)[C@H]1CC[C@@](C)(C(=O)O)C1(C)C)OC. The van der Waals surface area contributed by atoms with Crippen molar-refractivity contribution >= 4 is 11.9 Å². The molecule has 1 saturated carbocycles. The van der Waals surface area contributed by atoms with Crippen LogP contribution in [0.5, 0.6) is 0 Å². The van der Waals surface area contributed by atoms with Crippen LogP contribution in [0.2, 0.25) is 0 Å². The lowest BCUT2D eigenvalue weighted by Crippen LogP contribution is -2.46. The number of methoxy groups -OCH3 is 1. The van der Waals surface area contributed by atoms with Crippen molar-refractivity contribution in [2.24, 2.45) is 16.7 Å². The third kappa shape index (κ3) is 2.76. The van der Waals surface area contributed by atoms with Gasteiger partial charge in [0.1, 0.15) is 0 Å². The molecule has 110 valence electrons. The van der Waals surface area contributed by atoms with Gasteiger partial charge in [0, 0.05) is 19.6 Å². The molecule has 2 N–H and O–H groups in total. The molecule has 1 aliphatic rings. The minimum atomic E-state index is -0.861. The highest BCUT2D eigenvalue weighted by molar-refractivity contribution is 5.83. The largest absolute Gasteiger partial charge is 0.481 e. The molecule has 1 rings (SSSR count). The Morgan fingerprint density at radius 1 is 1.47 bits per heavy atom. The fraction of sp³-hybridized carbons (Fsp3) is 0.786. The Morgan fingerprint density at radius 3 is 2.47 bits per heavy atom. The molecule has 1 fully saturated rings. The first-order valence-electron chi connectivity index (χ1n) is 6.54. The summed E-state index contributed by atoms with van der Waals surface area (Å²) in [6.07, 6.45) is 0.821. The number of hydrogen-bond donors (Lipinski definition) is 2. The number of carboxylic acids is 1. The Kier molecular flexibility index (Phi) is 4.61. The number of hydrogen-bond acceptors (Lipinski definition) is 3. The molecule has 19 heavy (non-hydrogen) atoms. The molecule has 0 saturated heterocycles. The summed E-state index contributed by atoms with van der Waals surface area (Å²) < 4.78 is 4.97. The summed E-state index contributed by atoms with van der Waals surface area (Å²) in [7, 11) is 1.53. The zero-order chi connectivity index (χ0) is 14.8. The first-order chi connectivity index (χ1) is 8.66. The van der Waals surface area contributed by atoms with E-state index in [9.17, 15) is 14.7 Å². The number of carbonyl (C=O) groups is 2. The quantitative estimate of drug-likeness (QED) is 0.742. The number of aliphatic carboxylic acids is 1. The lowest BCUT2D eigenvalue weighted by Gasteiger charge is -2.38. The van der Waals surface area contributed by atoms with E-state index in [1.54, 1.807) is 6.92 Å². The summed E-state index contributed by atoms with van der Waals surface area (Å²) in [5, 5.41) is 12.2. The summed E-state index contributed by atoms with van der Waals surface area (Å²) in [5.41, 5.74) is -1.44. The Morgan fingerprint density at radius 2 is 2.05 bits per heavy atom. The molecular weight excluding hydrogens is 246 g/mol. The maximum absolute atomic E-state index is 12.2. The van der Waals surface area contributed by atoms with Gasteiger partial charge in [-0.3, -0.25) is 9.59 Å². The highest BCUT2D eigenvalue weighted by Gasteiger charge is 2.58. The van der Waals surface area contributed by atoms with Gasteiger partial charge in [-0.2, -0.15) is 0 Å². The third-order valence-corrected chi connectivity index (χ3v) is 4.85. The predicted octanol–water partition coefficient (Wildman–Crippen LogP) is 1.48. The predicted molar refractivity (Wildman–Crippen MR) is 71.4 cm³/mol. The molecule has 0 aromatic carbocycles. The van der Waals surface area contributed by atoms with Crippen molar-refractivity contribution in [3.8, 4) is 0 Å². The van der Waals surface area contributed by atoms with E-state index in [2.05, 4.69) is 12.2 Å². The molecule has 5 heteroatoms. The van der Waals surface area contributed by atoms with Gasteiger partial charge < -0.3 is 22.1 Å². The second-order valence-electron chi connectivity index (χ2n) is 6.05. The molecule has 1 amide bonds. The van der Waals surface area contributed by atoms with Crippen LogP contribution in [0.15, 0.2) is 0 Å². The topological polar surface area (TPSA) is 75.6 Å². The van der Waals surface area contributed by atoms with Gasteiger partial charge in [-0.1, -0.05) is 13.8 Å². The van der Waals surface area contributed by atoms with Crippen molar-refractivity contribution in [1.29, 1.82) is 0 Å². The lowest BCUT2D eigenvalue weighted by molar-refractivity contribution is -0.155. The summed E-state index contributed by atoms with van der Waals surface area (Å²) in [6, 6.07) is 0. The van der Waals surface area contributed by atoms with Crippen molar-refractivity contribution in [2.45, 2.75) is 39.7 Å². The average Bonchev–Trinajstić information content (AvgIpc) is 2.58. The molecule has 0 aromatic heterocycles. The monoisotopic (exact) mass is 270 g/mol. The molecule has 0 aliphatic heterocycles. The first-order valence-corrected chi connectivity index (χ1v) is 6.54. The standard InChI is InChI=1S/C14H24NO4/c1-9(19-5)8-15-11(16)10-6-7-14(4,12(17)18)13(10,2)3/h9-10H,1,6-8H2,2-5H3,(H,15,16)(H,17,18)/q-1/t9-,10-,14+/m1/s1. The molecular formula is C14H24NO4-. The third-order valence-electron chi connectivity index (χ3n) is 4.85. The lowest BCUT2D eigenvalue weighted by atomic mass is 9.65. The summed E-state index contributed by atoms with van der Waals surface area (Å²) >= 11 is 0. The number of ether oxygens (including phenoxy) is 1. The minimum absolute atomic E-state index is 0.110. The number of carbonyl (C=O) groups excluding carboxylic acids is 1. The molecule has 5 nitrogen and oxygen atoms in total. The summed E-state index contributed by atoms with van der Waals surface area (Å²) in [5.74, 6) is -1.24. The van der Waals surface area contributed by atoms with E-state index in [-0.39, 0.29) is 17.9 Å². The Hall–Kier alpha value is -1.10. The van der Waals surface area contributed by atoms with Crippen LogP contribution in [0.4, 0.5) is 0 Å². The van der Waals surface area contributed by atoms with Gasteiger partial charge >= 0.3 is 5.97 Å². The van der Waals surface area contributed by atoms with E-state index in [4.69, 9.17) is 4.74 Å². The fourth-order valence-corrected chi connectivity index (χ4v) is 2.76. The van der Waals surface area contributed by atoms with Gasteiger partial charge in [0.25, 0.3) is 0 Å². The minimum Gasteiger partial charge on any atom is -0.481 e. The smallest absolute Gasteiger partial charge is 0.309 e. The maximum Gasteiger partial charge on any atom is 0.309 e. The zero-order valence-electron chi connectivity index (χ0n) is 12.2. The van der Waals surface area contributed by atoms with Gasteiger partial charge in [0.2, 0.25) is 5.91 Å². The van der Waals surface area contributed by atoms with Crippen molar-refractivity contribution in [3.05, 3.63) is 6.92 Å². The van der Waals surface area contributed by atoms with E-state index in [0.717, 1.165) is 0 Å². The van der Waals surface area contributed by atoms with E-state index in [1.807, 2.05) is 13.8 Å². The van der Waals surface area contributed by atoms with Crippen LogP contribution in [-0.2, 0) is 14.3 Å². The number of nitrogens with one attached hydrogen (secondary N) is 1. The number of amides is 1. The Balaban J connectivity index is 2.76. The van der Waals surface area contributed by atoms with Crippen LogP contribution in [0.25, 0.3) is 0 Å². The van der Waals surface area contributed by atoms with Gasteiger partial charge in [-0.05, 0) is 31.3 Å². The van der Waals surface area contributed by atoms with Crippen LogP contribution in [0.3, 0.4) is 0 Å². The molecule has 3 atom stereocenters. The molecule has 0 bridgehead atoms. The molecule has 0 radical (unpaired) electrons. The van der Waals surface area contributed by atoms with Crippen LogP contribution in [-0.4, -0.2) is 36.7 Å². The Labute approximate surface area is 114 Å². The van der Waals surface area contributed by atoms with Crippen molar-refractivity contribution in [2.75, 3.05) is 13.7 Å². The molecule has 0 unspecified atom stereocenters. The van der Waals surface area contributed by atoms with Crippen LogP contribution < -0.4 is 5.32 Å². The second kappa shape index (κ2) is 5.49. The molecule has 0 aromatic rings. The normalized spacial score (nSPS) is 30.9. The number of carboxylic acid groups (broad SMARTS) is 1. The molecule has 0 spiro atoms. The summed E-state index contributed by atoms with van der Waals surface area (Å²) in [4.78, 5) is 23.7. The fourth-order valence-electron chi connectivity index (χ4n) is 2.76. The zero-order valence-corrected chi connectivity index (χ0v) is 12.2. The van der Waals surface area contributed by atoms with Gasteiger partial charge in [0.15, 0.2) is 0 Å². The highest BCUT2D eigenvalue weighted by Crippen LogP contribution is 2.56. The Bertz CT molecular complexity index is 366. The van der Waals surface area contributed by atoms with Gasteiger partial charge in [-0.25, -0.2) is 0 Å². The van der Waals surface area contributed by atoms with E-state index >= 15 is 0 Å². The van der Waals surface area contributed by atoms with Crippen molar-refractivity contribution < 1.29 is 19.4 Å². The van der Waals surface area contributed by atoms with Gasteiger partial charge in [0.05, 0.1) is 5.41 Å². The van der Waals surface area contributed by atoms with Crippen molar-refractivity contribution in [1.82, 2.24) is 5.32 Å². The van der Waals surface area contributed by atoms with E-state index in [0.29, 0.717) is 19.4 Å². The highest BCUT2D eigenvalue weighted by atomic mass is 16.5. The van der Waals surface area contributed by atoms with E-state index < -0.39 is 16.8 Å².